The Kier molecular flexibility index (Phi) is 18.5. The summed E-state index contributed by atoms with van der Waals surface area (Å²) in [6.45, 7) is 1.04. The number of unbranched alkanes of at least 4 members (excludes halogenated alkanes) is 2. The lowest BCUT2D eigenvalue weighted by Crippen LogP contribution is -1.92. The Bertz CT molecular complexity index is 454. The van der Waals surface area contributed by atoms with E-state index < -0.39 is 6.29 Å². The Labute approximate surface area is 119 Å². The molecule has 21 heavy (non-hydrogen) atoms. The second-order valence-corrected chi connectivity index (χ2v) is 3.01. The summed E-state index contributed by atoms with van der Waals surface area (Å²) in [7, 11) is 0. The number of hydrogen-bond donors (Lipinski definition) is 0. The highest BCUT2D eigenvalue weighted by atomic mass is 16.1. The highest BCUT2D eigenvalue weighted by Crippen LogP contribution is 1.94. The summed E-state index contributed by atoms with van der Waals surface area (Å²) in [4.78, 5) is 62.9. The molecule has 0 amide bonds. The van der Waals surface area contributed by atoms with E-state index >= 15 is 0 Å². The minimum Gasteiger partial charge on any atom is -0.211 e. The number of rotatable bonds is 9. The molecule has 0 saturated carbocycles. The van der Waals surface area contributed by atoms with Crippen molar-refractivity contribution in [1.29, 1.82) is 0 Å². The van der Waals surface area contributed by atoms with E-state index in [0.717, 1.165) is 37.5 Å². The van der Waals surface area contributed by atoms with Crippen LogP contribution in [0.2, 0.25) is 0 Å². The molecule has 0 aromatic heterocycles. The molecule has 0 aliphatic heterocycles. The normalized spacial score (nSPS) is 8.76. The molecule has 10 heteroatoms. The van der Waals surface area contributed by atoms with Crippen molar-refractivity contribution in [3.63, 3.8) is 0 Å². The number of isocyanates is 5. The molecule has 0 atom stereocenters. The van der Waals surface area contributed by atoms with Crippen LogP contribution in [-0.4, -0.2) is 49.8 Å². The Morgan fingerprint density at radius 2 is 0.952 bits per heavy atom. The number of aliphatic imine (C=N–C) groups is 5. The van der Waals surface area contributed by atoms with Gasteiger partial charge in [-0.3, -0.25) is 0 Å². The first kappa shape index (κ1) is 20.2. The van der Waals surface area contributed by atoms with Gasteiger partial charge in [-0.15, -0.1) is 0 Å². The van der Waals surface area contributed by atoms with Gasteiger partial charge in [-0.2, -0.15) is 15.0 Å². The van der Waals surface area contributed by atoms with Gasteiger partial charge in [0.15, 0.2) is 0 Å². The second-order valence-electron chi connectivity index (χ2n) is 3.01. The van der Waals surface area contributed by atoms with E-state index in [1.165, 1.54) is 12.2 Å². The van der Waals surface area contributed by atoms with Crippen LogP contribution in [0.5, 0.6) is 0 Å². The van der Waals surface area contributed by atoms with Crippen LogP contribution in [0.25, 0.3) is 0 Å². The quantitative estimate of drug-likeness (QED) is 0.336. The molecule has 0 bridgehead atoms. The monoisotopic (exact) mass is 293 g/mol. The van der Waals surface area contributed by atoms with Gasteiger partial charge in [0, 0.05) is 0 Å². The summed E-state index contributed by atoms with van der Waals surface area (Å²) in [6, 6.07) is 0. The second kappa shape index (κ2) is 19.2. The molecule has 110 valence electrons. The van der Waals surface area contributed by atoms with Crippen molar-refractivity contribution < 1.29 is 24.0 Å². The predicted molar refractivity (Wildman–Crippen MR) is 68.0 cm³/mol. The first-order valence-electron chi connectivity index (χ1n) is 5.55. The molecule has 0 radical (unpaired) electrons. The lowest BCUT2D eigenvalue weighted by molar-refractivity contribution is 0.545. The standard InChI is InChI=1S/C7H10N2O2.C4HN3O3/c10-6-8-4-2-1-3-5-9-7-11;8-1-5-4(6-2-9)7-3-10/h1-5H2;4H. The van der Waals surface area contributed by atoms with Gasteiger partial charge in [0.25, 0.3) is 6.29 Å². The molecule has 0 saturated heterocycles. The van der Waals surface area contributed by atoms with Crippen molar-refractivity contribution in [3.8, 4) is 0 Å². The highest BCUT2D eigenvalue weighted by Gasteiger charge is 1.96. The maximum Gasteiger partial charge on any atom is 0.267 e. The molecule has 0 heterocycles. The molecule has 0 aromatic carbocycles. The minimum atomic E-state index is -1.37. The topological polar surface area (TPSA) is 147 Å². The van der Waals surface area contributed by atoms with Gasteiger partial charge in [-0.25, -0.2) is 34.0 Å². The average molecular weight is 293 g/mol. The fourth-order valence-corrected chi connectivity index (χ4v) is 0.878. The van der Waals surface area contributed by atoms with Gasteiger partial charge in [0.1, 0.15) is 0 Å². The van der Waals surface area contributed by atoms with Crippen LogP contribution in [0.4, 0.5) is 0 Å². The van der Waals surface area contributed by atoms with Crippen LogP contribution < -0.4 is 0 Å². The third-order valence-electron chi connectivity index (χ3n) is 1.67. The van der Waals surface area contributed by atoms with Gasteiger partial charge in [0.05, 0.1) is 13.1 Å². The van der Waals surface area contributed by atoms with Gasteiger partial charge < -0.3 is 0 Å². The van der Waals surface area contributed by atoms with Crippen LogP contribution in [0.1, 0.15) is 19.3 Å². The maximum atomic E-state index is 9.58. The Morgan fingerprint density at radius 1 is 0.571 bits per heavy atom. The Balaban J connectivity index is 0. The lowest BCUT2D eigenvalue weighted by Gasteiger charge is -1.90. The molecule has 0 rings (SSSR count). The van der Waals surface area contributed by atoms with Crippen molar-refractivity contribution in [2.45, 2.75) is 25.6 Å². The van der Waals surface area contributed by atoms with Crippen LogP contribution in [0.15, 0.2) is 25.0 Å². The third-order valence-corrected chi connectivity index (χ3v) is 1.67. The molecule has 0 unspecified atom stereocenters. The molecule has 0 aromatic rings. The first-order chi connectivity index (χ1) is 10.3. The zero-order valence-electron chi connectivity index (χ0n) is 10.9. The molecule has 0 spiro atoms. The largest absolute Gasteiger partial charge is 0.267 e. The van der Waals surface area contributed by atoms with Crippen molar-refractivity contribution in [2.24, 2.45) is 25.0 Å². The third kappa shape index (κ3) is 19.4. The van der Waals surface area contributed by atoms with E-state index in [4.69, 9.17) is 0 Å². The van der Waals surface area contributed by atoms with Gasteiger partial charge in [0.2, 0.25) is 30.4 Å². The van der Waals surface area contributed by atoms with E-state index in [9.17, 15) is 24.0 Å². The number of hydrogen-bond acceptors (Lipinski definition) is 10. The minimum absolute atomic E-state index is 0.522. The smallest absolute Gasteiger partial charge is 0.211 e. The summed E-state index contributed by atoms with van der Waals surface area (Å²) in [5.41, 5.74) is 0. The fraction of sp³-hybridized carbons (Fsp3) is 0.545. The van der Waals surface area contributed by atoms with Crippen molar-refractivity contribution in [1.82, 2.24) is 0 Å². The van der Waals surface area contributed by atoms with E-state index in [2.05, 4.69) is 25.0 Å². The van der Waals surface area contributed by atoms with E-state index in [-0.39, 0.29) is 0 Å². The molecule has 0 N–H and O–H groups in total. The number of nitrogens with zero attached hydrogens (tertiary/aromatic N) is 5. The summed E-state index contributed by atoms with van der Waals surface area (Å²) in [5.74, 6) is 0. The highest BCUT2D eigenvalue weighted by molar-refractivity contribution is 5.39. The Hall–Kier alpha value is -3.10. The van der Waals surface area contributed by atoms with Crippen LogP contribution in [0.3, 0.4) is 0 Å². The van der Waals surface area contributed by atoms with Crippen LogP contribution in [0, 0.1) is 0 Å². The van der Waals surface area contributed by atoms with Gasteiger partial charge in [-0.05, 0) is 19.3 Å². The van der Waals surface area contributed by atoms with Crippen LogP contribution >= 0.6 is 0 Å². The first-order valence-corrected chi connectivity index (χ1v) is 5.55. The zero-order chi connectivity index (χ0) is 16.2. The van der Waals surface area contributed by atoms with E-state index in [1.807, 2.05) is 0 Å². The molecular formula is C11H11N5O5. The molecule has 0 aliphatic carbocycles. The van der Waals surface area contributed by atoms with Crippen molar-refractivity contribution >= 4 is 30.4 Å². The van der Waals surface area contributed by atoms with Gasteiger partial charge in [-0.1, -0.05) is 0 Å². The molecule has 0 fully saturated rings. The Morgan fingerprint density at radius 3 is 1.24 bits per heavy atom. The van der Waals surface area contributed by atoms with E-state index in [1.54, 1.807) is 0 Å². The van der Waals surface area contributed by atoms with Crippen LogP contribution in [-0.2, 0) is 24.0 Å². The SMILES string of the molecule is O=C=NC(N=C=O)N=C=O.O=C=NCCCCCN=C=O. The summed E-state index contributed by atoms with van der Waals surface area (Å²) < 4.78 is 0. The molecule has 0 aliphatic rings. The van der Waals surface area contributed by atoms with Gasteiger partial charge >= 0.3 is 0 Å². The summed E-state index contributed by atoms with van der Waals surface area (Å²) in [6.07, 6.45) is 7.38. The lowest BCUT2D eigenvalue weighted by atomic mass is 10.2. The average Bonchev–Trinajstić information content (AvgIpc) is 2.48. The fourth-order valence-electron chi connectivity index (χ4n) is 0.878. The zero-order valence-corrected chi connectivity index (χ0v) is 10.9. The number of carbonyl (C=O) groups excluding carboxylic acids is 5. The molecular weight excluding hydrogens is 282 g/mol. The predicted octanol–water partition coefficient (Wildman–Crippen LogP) is 0.106. The van der Waals surface area contributed by atoms with E-state index in [0.29, 0.717) is 13.1 Å². The maximum absolute atomic E-state index is 9.58. The molecule has 10 nitrogen and oxygen atoms in total. The van der Waals surface area contributed by atoms with Crippen molar-refractivity contribution in [3.05, 3.63) is 0 Å². The summed E-state index contributed by atoms with van der Waals surface area (Å²) >= 11 is 0. The van der Waals surface area contributed by atoms with Crippen molar-refractivity contribution in [2.75, 3.05) is 13.1 Å². The summed E-state index contributed by atoms with van der Waals surface area (Å²) in [5, 5.41) is 0.